The summed E-state index contributed by atoms with van der Waals surface area (Å²) in [6, 6.07) is -0.286. The number of carbonyl (C=O) groups is 3. The Labute approximate surface area is 175 Å². The van der Waals surface area contributed by atoms with E-state index in [0.717, 1.165) is 19.3 Å². The first-order valence-electron chi connectivity index (χ1n) is 11.4. The van der Waals surface area contributed by atoms with E-state index in [9.17, 15) is 14.4 Å². The minimum absolute atomic E-state index is 0.0110. The van der Waals surface area contributed by atoms with Crippen molar-refractivity contribution < 1.29 is 14.4 Å². The summed E-state index contributed by atoms with van der Waals surface area (Å²) in [6.07, 6.45) is 6.56. The van der Waals surface area contributed by atoms with Gasteiger partial charge in [0.25, 0.3) is 0 Å². The largest absolute Gasteiger partial charge is 0.344 e. The topological polar surface area (TPSA) is 81.8 Å². The number of nitrogens with zero attached hydrogens (tertiary/aromatic N) is 2. The van der Waals surface area contributed by atoms with Gasteiger partial charge in [-0.25, -0.2) is 4.79 Å². The summed E-state index contributed by atoms with van der Waals surface area (Å²) in [7, 11) is 0. The summed E-state index contributed by atoms with van der Waals surface area (Å²) in [6.45, 7) is 11.2. The van der Waals surface area contributed by atoms with Crippen LogP contribution in [0.15, 0.2) is 0 Å². The minimum Gasteiger partial charge on any atom is -0.344 e. The standard InChI is InChI=1S/C22H40N4O3/c1-6-16(4)19(24-20(27)15(2)3)21(28)25-12-13-26(17(5)14-25)22(29)23-18-10-8-7-9-11-18/h15-19H,6-14H2,1-5H3,(H,23,29)(H,24,27). The van der Waals surface area contributed by atoms with Crippen LogP contribution in [-0.4, -0.2) is 65.4 Å². The molecule has 3 atom stereocenters. The summed E-state index contributed by atoms with van der Waals surface area (Å²) < 4.78 is 0. The lowest BCUT2D eigenvalue weighted by molar-refractivity contribution is -0.140. The summed E-state index contributed by atoms with van der Waals surface area (Å²) in [5, 5.41) is 6.12. The van der Waals surface area contributed by atoms with Gasteiger partial charge in [0.1, 0.15) is 6.04 Å². The molecule has 0 bridgehead atoms. The molecule has 1 heterocycles. The maximum absolute atomic E-state index is 13.2. The normalized spacial score (nSPS) is 22.9. The number of urea groups is 1. The molecule has 0 spiro atoms. The van der Waals surface area contributed by atoms with Crippen LogP contribution in [0, 0.1) is 11.8 Å². The van der Waals surface area contributed by atoms with Crippen molar-refractivity contribution in [2.45, 2.75) is 91.3 Å². The monoisotopic (exact) mass is 408 g/mol. The van der Waals surface area contributed by atoms with Crippen molar-refractivity contribution in [3.8, 4) is 0 Å². The smallest absolute Gasteiger partial charge is 0.317 e. The van der Waals surface area contributed by atoms with E-state index in [0.29, 0.717) is 19.6 Å². The predicted octanol–water partition coefficient (Wildman–Crippen LogP) is 2.75. The third-order valence-electron chi connectivity index (χ3n) is 6.43. The van der Waals surface area contributed by atoms with Gasteiger partial charge in [-0.1, -0.05) is 53.4 Å². The van der Waals surface area contributed by atoms with Crippen LogP contribution in [0.3, 0.4) is 0 Å². The van der Waals surface area contributed by atoms with Crippen LogP contribution in [0.2, 0.25) is 0 Å². The zero-order valence-corrected chi connectivity index (χ0v) is 18.9. The molecule has 29 heavy (non-hydrogen) atoms. The molecule has 1 aliphatic heterocycles. The van der Waals surface area contributed by atoms with E-state index < -0.39 is 6.04 Å². The van der Waals surface area contributed by atoms with Gasteiger partial charge in [0.15, 0.2) is 0 Å². The Balaban J connectivity index is 1.95. The molecule has 4 amide bonds. The third kappa shape index (κ3) is 6.34. The van der Waals surface area contributed by atoms with Gasteiger partial charge in [0, 0.05) is 37.6 Å². The first kappa shape index (κ1) is 23.5. The van der Waals surface area contributed by atoms with Crippen molar-refractivity contribution >= 4 is 17.8 Å². The minimum atomic E-state index is -0.510. The lowest BCUT2D eigenvalue weighted by Gasteiger charge is -2.42. The molecule has 3 unspecified atom stereocenters. The molecule has 2 rings (SSSR count). The Morgan fingerprint density at radius 3 is 2.24 bits per heavy atom. The van der Waals surface area contributed by atoms with Crippen molar-refractivity contribution in [2.75, 3.05) is 19.6 Å². The molecule has 0 aromatic carbocycles. The fourth-order valence-electron chi connectivity index (χ4n) is 4.16. The van der Waals surface area contributed by atoms with Crippen LogP contribution in [0.1, 0.15) is 73.1 Å². The van der Waals surface area contributed by atoms with Crippen LogP contribution < -0.4 is 10.6 Å². The average Bonchev–Trinajstić information content (AvgIpc) is 2.71. The van der Waals surface area contributed by atoms with Gasteiger partial charge in [-0.3, -0.25) is 9.59 Å². The SMILES string of the molecule is CCC(C)C(NC(=O)C(C)C)C(=O)N1CCN(C(=O)NC2CCCCC2)C(C)C1. The fraction of sp³-hybridized carbons (Fsp3) is 0.864. The second-order valence-electron chi connectivity index (χ2n) is 9.14. The average molecular weight is 409 g/mol. The molecular formula is C22H40N4O3. The van der Waals surface area contributed by atoms with E-state index in [-0.39, 0.29) is 41.8 Å². The van der Waals surface area contributed by atoms with Crippen molar-refractivity contribution in [3.05, 3.63) is 0 Å². The maximum atomic E-state index is 13.2. The molecule has 166 valence electrons. The first-order valence-corrected chi connectivity index (χ1v) is 11.4. The highest BCUT2D eigenvalue weighted by atomic mass is 16.2. The molecule has 1 aliphatic carbocycles. The van der Waals surface area contributed by atoms with Gasteiger partial charge in [-0.05, 0) is 25.7 Å². The number of hydrogen-bond acceptors (Lipinski definition) is 3. The Morgan fingerprint density at radius 2 is 1.69 bits per heavy atom. The molecule has 1 saturated carbocycles. The van der Waals surface area contributed by atoms with Gasteiger partial charge in [0.2, 0.25) is 11.8 Å². The Kier molecular flexibility index (Phi) is 8.78. The lowest BCUT2D eigenvalue weighted by Crippen LogP contribution is -2.62. The van der Waals surface area contributed by atoms with Gasteiger partial charge < -0.3 is 20.4 Å². The van der Waals surface area contributed by atoms with E-state index in [1.165, 1.54) is 19.3 Å². The van der Waals surface area contributed by atoms with Crippen LogP contribution in [0.5, 0.6) is 0 Å². The van der Waals surface area contributed by atoms with Crippen molar-refractivity contribution in [3.63, 3.8) is 0 Å². The summed E-state index contributed by atoms with van der Waals surface area (Å²) >= 11 is 0. The summed E-state index contributed by atoms with van der Waals surface area (Å²) in [5.74, 6) is -0.225. The lowest BCUT2D eigenvalue weighted by atomic mass is 9.95. The number of amides is 4. The number of hydrogen-bond donors (Lipinski definition) is 2. The summed E-state index contributed by atoms with van der Waals surface area (Å²) in [5.41, 5.74) is 0. The first-order chi connectivity index (χ1) is 13.7. The molecule has 0 aromatic rings. The number of piperazine rings is 1. The molecule has 1 saturated heterocycles. The highest BCUT2D eigenvalue weighted by molar-refractivity contribution is 5.88. The molecule has 2 aliphatic rings. The van der Waals surface area contributed by atoms with Gasteiger partial charge in [-0.2, -0.15) is 0 Å². The summed E-state index contributed by atoms with van der Waals surface area (Å²) in [4.78, 5) is 41.8. The second kappa shape index (κ2) is 10.8. The quantitative estimate of drug-likeness (QED) is 0.709. The molecular weight excluding hydrogens is 368 g/mol. The van der Waals surface area contributed by atoms with Crippen LogP contribution in [0.25, 0.3) is 0 Å². The van der Waals surface area contributed by atoms with E-state index >= 15 is 0 Å². The molecule has 2 N–H and O–H groups in total. The number of nitrogens with one attached hydrogen (secondary N) is 2. The van der Waals surface area contributed by atoms with Gasteiger partial charge >= 0.3 is 6.03 Å². The Bertz CT molecular complexity index is 574. The maximum Gasteiger partial charge on any atom is 0.317 e. The van der Waals surface area contributed by atoms with E-state index in [4.69, 9.17) is 0 Å². The molecule has 0 aromatic heterocycles. The van der Waals surface area contributed by atoms with Gasteiger partial charge in [-0.15, -0.1) is 0 Å². The Morgan fingerprint density at radius 1 is 1.03 bits per heavy atom. The highest BCUT2D eigenvalue weighted by Gasteiger charge is 2.35. The van der Waals surface area contributed by atoms with Crippen LogP contribution in [0.4, 0.5) is 4.79 Å². The highest BCUT2D eigenvalue weighted by Crippen LogP contribution is 2.19. The zero-order valence-electron chi connectivity index (χ0n) is 18.9. The van der Waals surface area contributed by atoms with Crippen LogP contribution >= 0.6 is 0 Å². The van der Waals surface area contributed by atoms with E-state index in [1.54, 1.807) is 0 Å². The van der Waals surface area contributed by atoms with Crippen molar-refractivity contribution in [2.24, 2.45) is 11.8 Å². The number of carbonyl (C=O) groups excluding carboxylic acids is 3. The number of rotatable bonds is 6. The predicted molar refractivity (Wildman–Crippen MR) is 114 cm³/mol. The zero-order chi connectivity index (χ0) is 21.6. The van der Waals surface area contributed by atoms with Crippen LogP contribution in [-0.2, 0) is 9.59 Å². The van der Waals surface area contributed by atoms with E-state index in [2.05, 4.69) is 10.6 Å². The third-order valence-corrected chi connectivity index (χ3v) is 6.43. The van der Waals surface area contributed by atoms with Gasteiger partial charge in [0.05, 0.1) is 0 Å². The molecule has 7 heteroatoms. The molecule has 0 radical (unpaired) electrons. The van der Waals surface area contributed by atoms with Crippen molar-refractivity contribution in [1.82, 2.24) is 20.4 Å². The van der Waals surface area contributed by atoms with E-state index in [1.807, 2.05) is 44.4 Å². The van der Waals surface area contributed by atoms with Crippen molar-refractivity contribution in [1.29, 1.82) is 0 Å². The molecule has 7 nitrogen and oxygen atoms in total. The Hall–Kier alpha value is -1.79. The molecule has 2 fully saturated rings. The second-order valence-corrected chi connectivity index (χ2v) is 9.14. The fourth-order valence-corrected chi connectivity index (χ4v) is 4.16.